The van der Waals surface area contributed by atoms with Gasteiger partial charge in [0.2, 0.25) is 0 Å². The fourth-order valence-electron chi connectivity index (χ4n) is 1.85. The Balaban J connectivity index is 2.81. The first-order valence-electron chi connectivity index (χ1n) is 5.84. The first-order chi connectivity index (χ1) is 10.8. The number of carbonyl (C=O) groups is 1. The summed E-state index contributed by atoms with van der Waals surface area (Å²) in [6.45, 7) is 1.22. The molecule has 1 atom stereocenters. The molecule has 0 aliphatic heterocycles. The van der Waals surface area contributed by atoms with Crippen molar-refractivity contribution in [2.24, 2.45) is 0 Å². The van der Waals surface area contributed by atoms with Gasteiger partial charge in [-0.15, -0.1) is 0 Å². The molecular weight excluding hydrogens is 399 g/mol. The van der Waals surface area contributed by atoms with Crippen molar-refractivity contribution < 1.29 is 40.8 Å². The second-order valence-electron chi connectivity index (χ2n) is 4.46. The van der Waals surface area contributed by atoms with Crippen LogP contribution in [-0.4, -0.2) is 30.0 Å². The maximum Gasteiger partial charge on any atom is 0.534 e. The van der Waals surface area contributed by atoms with Crippen LogP contribution in [0.3, 0.4) is 0 Å². The number of aryl methyl sites for hydroxylation is 1. The van der Waals surface area contributed by atoms with Crippen LogP contribution >= 0.6 is 22.9 Å². The number of halogens is 4. The Morgan fingerprint density at radius 2 is 2.08 bits per heavy atom. The molecule has 0 aliphatic rings. The largest absolute Gasteiger partial charge is 0.547 e. The van der Waals surface area contributed by atoms with Gasteiger partial charge < -0.3 is 19.2 Å². The third kappa shape index (κ3) is 3.27. The van der Waals surface area contributed by atoms with Crippen LogP contribution in [0.5, 0.6) is 5.75 Å². The normalized spacial score (nSPS) is 13.9. The predicted octanol–water partition coefficient (Wildman–Crippen LogP) is 1.27. The van der Waals surface area contributed by atoms with Crippen molar-refractivity contribution in [3.63, 3.8) is 0 Å². The van der Waals surface area contributed by atoms with E-state index in [2.05, 4.69) is 9.17 Å². The van der Waals surface area contributed by atoms with Gasteiger partial charge in [-0.05, 0) is 18.6 Å². The molecular formula is C11H6ClF3NO6S2-. The van der Waals surface area contributed by atoms with Crippen molar-refractivity contribution >= 4 is 49.2 Å². The molecule has 1 N–H and O–H groups in total. The molecule has 24 heavy (non-hydrogen) atoms. The van der Waals surface area contributed by atoms with E-state index in [1.165, 1.54) is 13.0 Å². The van der Waals surface area contributed by atoms with Gasteiger partial charge in [-0.3, -0.25) is 0 Å². The van der Waals surface area contributed by atoms with Crippen molar-refractivity contribution in [3.8, 4) is 5.75 Å². The number of benzene rings is 1. The number of hydrogen-bond acceptors (Lipinski definition) is 8. The van der Waals surface area contributed by atoms with E-state index in [0.717, 1.165) is 0 Å². The maximum atomic E-state index is 12.6. The molecule has 2 rings (SSSR count). The lowest BCUT2D eigenvalue weighted by molar-refractivity contribution is -0.315. The highest BCUT2D eigenvalue weighted by molar-refractivity contribution is 7.88. The van der Waals surface area contributed by atoms with E-state index in [1.54, 1.807) is 0 Å². The van der Waals surface area contributed by atoms with Crippen LogP contribution in [-0.2, 0) is 14.9 Å². The Morgan fingerprint density at radius 3 is 2.58 bits per heavy atom. The molecule has 0 aliphatic carbocycles. The molecule has 0 saturated heterocycles. The van der Waals surface area contributed by atoms with Gasteiger partial charge in [0.1, 0.15) is 6.10 Å². The number of aromatic nitrogens is 1. The first-order valence-corrected chi connectivity index (χ1v) is 8.44. The van der Waals surface area contributed by atoms with E-state index < -0.39 is 39.0 Å². The lowest BCUT2D eigenvalue weighted by Gasteiger charge is -2.19. The third-order valence-corrected chi connectivity index (χ3v) is 4.96. The van der Waals surface area contributed by atoms with E-state index in [1.807, 2.05) is 0 Å². The van der Waals surface area contributed by atoms with Gasteiger partial charge in [-0.2, -0.15) is 21.6 Å². The summed E-state index contributed by atoms with van der Waals surface area (Å²) in [7, 11) is -6.12. The Kier molecular flexibility index (Phi) is 4.69. The molecule has 0 amide bonds. The summed E-state index contributed by atoms with van der Waals surface area (Å²) < 4.78 is 64.0. The summed E-state index contributed by atoms with van der Waals surface area (Å²) in [5.74, 6) is -3.06. The smallest absolute Gasteiger partial charge is 0.534 e. The highest BCUT2D eigenvalue weighted by Gasteiger charge is 2.49. The summed E-state index contributed by atoms with van der Waals surface area (Å²) in [5, 5.41) is 20.5. The topological polar surface area (TPSA) is 117 Å². The minimum absolute atomic E-state index is 0.0239. The molecule has 1 aromatic carbocycles. The average molecular weight is 405 g/mol. The van der Waals surface area contributed by atoms with Gasteiger partial charge in [-0.1, -0.05) is 22.9 Å². The molecule has 0 saturated carbocycles. The molecule has 0 spiro atoms. The van der Waals surface area contributed by atoms with Gasteiger partial charge in [0.15, 0.2) is 10.2 Å². The Morgan fingerprint density at radius 1 is 1.50 bits per heavy atom. The SMILES string of the molecule is Cc1cc2nc(Cl)sc2c(OS(=O)(=O)C(F)(F)F)c1C(O)C(=O)[O-]. The zero-order chi connectivity index (χ0) is 18.4. The molecule has 132 valence electrons. The van der Waals surface area contributed by atoms with Gasteiger partial charge in [0.05, 0.1) is 16.2 Å². The van der Waals surface area contributed by atoms with Crippen LogP contribution in [0.25, 0.3) is 10.2 Å². The van der Waals surface area contributed by atoms with Crippen molar-refractivity contribution in [2.45, 2.75) is 18.5 Å². The zero-order valence-corrected chi connectivity index (χ0v) is 13.8. The van der Waals surface area contributed by atoms with Crippen molar-refractivity contribution in [1.82, 2.24) is 4.98 Å². The van der Waals surface area contributed by atoms with Crippen LogP contribution in [0.2, 0.25) is 4.47 Å². The zero-order valence-electron chi connectivity index (χ0n) is 11.4. The first kappa shape index (κ1) is 18.7. The van der Waals surface area contributed by atoms with Gasteiger partial charge >= 0.3 is 15.6 Å². The molecule has 13 heteroatoms. The number of aliphatic hydroxyl groups is 1. The number of aliphatic hydroxyl groups excluding tert-OH is 1. The van der Waals surface area contributed by atoms with Gasteiger partial charge in [-0.25, -0.2) is 4.98 Å². The van der Waals surface area contributed by atoms with Crippen LogP contribution < -0.4 is 9.29 Å². The average Bonchev–Trinajstić information content (AvgIpc) is 2.76. The fraction of sp³-hybridized carbons (Fsp3) is 0.273. The van der Waals surface area contributed by atoms with Crippen molar-refractivity contribution in [1.29, 1.82) is 0 Å². The van der Waals surface area contributed by atoms with E-state index in [0.29, 0.717) is 11.3 Å². The van der Waals surface area contributed by atoms with Crippen LogP contribution in [0.4, 0.5) is 13.2 Å². The van der Waals surface area contributed by atoms with Crippen molar-refractivity contribution in [3.05, 3.63) is 21.7 Å². The quantitative estimate of drug-likeness (QED) is 0.602. The summed E-state index contributed by atoms with van der Waals surface area (Å²) in [6, 6.07) is 1.21. The summed E-state index contributed by atoms with van der Waals surface area (Å²) in [6.07, 6.45) is -2.42. The van der Waals surface area contributed by atoms with E-state index in [4.69, 9.17) is 11.6 Å². The molecule has 1 unspecified atom stereocenters. The number of carbonyl (C=O) groups excluding carboxylic acids is 1. The highest BCUT2D eigenvalue weighted by atomic mass is 35.5. The van der Waals surface area contributed by atoms with Crippen LogP contribution in [0.1, 0.15) is 17.2 Å². The molecule has 7 nitrogen and oxygen atoms in total. The molecule has 0 bridgehead atoms. The Hall–Kier alpha value is -1.63. The number of rotatable bonds is 4. The minimum atomic E-state index is -6.12. The molecule has 2 aromatic rings. The number of carboxylic acids is 1. The summed E-state index contributed by atoms with van der Waals surface area (Å²) >= 11 is 6.21. The fourth-order valence-corrected chi connectivity index (χ4v) is 3.48. The summed E-state index contributed by atoms with van der Waals surface area (Å²) in [5.41, 5.74) is -6.56. The Bertz CT molecular complexity index is 924. The lowest BCUT2D eigenvalue weighted by atomic mass is 10.0. The third-order valence-electron chi connectivity index (χ3n) is 2.83. The summed E-state index contributed by atoms with van der Waals surface area (Å²) in [4.78, 5) is 14.6. The van der Waals surface area contributed by atoms with Crippen LogP contribution in [0.15, 0.2) is 6.07 Å². The minimum Gasteiger partial charge on any atom is -0.547 e. The number of hydrogen-bond donors (Lipinski definition) is 1. The Labute approximate surface area is 141 Å². The van der Waals surface area contributed by atoms with Gasteiger partial charge in [0, 0.05) is 5.56 Å². The molecule has 0 fully saturated rings. The standard InChI is InChI=1S/C11H7ClF3NO6S2/c1-3-2-4-8(23-10(12)16-4)7(5(3)6(17)9(18)19)22-24(20,21)11(13,14)15/h2,6,17H,1H3,(H,18,19)/p-1. The lowest BCUT2D eigenvalue weighted by Crippen LogP contribution is -2.32. The molecule has 1 aromatic heterocycles. The maximum absolute atomic E-state index is 12.6. The highest BCUT2D eigenvalue weighted by Crippen LogP contribution is 2.42. The molecule has 0 radical (unpaired) electrons. The second kappa shape index (κ2) is 6.02. The number of alkyl halides is 3. The van der Waals surface area contributed by atoms with E-state index in [-0.39, 0.29) is 20.2 Å². The monoisotopic (exact) mass is 404 g/mol. The number of fused-ring (bicyclic) bond motifs is 1. The predicted molar refractivity (Wildman–Crippen MR) is 74.9 cm³/mol. The van der Waals surface area contributed by atoms with E-state index in [9.17, 15) is 36.6 Å². The van der Waals surface area contributed by atoms with E-state index >= 15 is 0 Å². The van der Waals surface area contributed by atoms with Crippen LogP contribution in [0, 0.1) is 6.92 Å². The number of nitrogens with zero attached hydrogens (tertiary/aromatic N) is 1. The second-order valence-corrected chi connectivity index (χ2v) is 7.58. The van der Waals surface area contributed by atoms with Gasteiger partial charge in [0.25, 0.3) is 0 Å². The number of aliphatic carboxylic acids is 1. The number of thiazole rings is 1. The molecule has 1 heterocycles. The van der Waals surface area contributed by atoms with Crippen molar-refractivity contribution in [2.75, 3.05) is 0 Å². The number of carboxylic acid groups (broad SMARTS) is 1.